The van der Waals surface area contributed by atoms with Gasteiger partial charge in [-0.2, -0.15) is 5.26 Å². The number of aliphatic carboxylic acids is 1. The van der Waals surface area contributed by atoms with Crippen LogP contribution in [0.15, 0.2) is 29.5 Å². The van der Waals surface area contributed by atoms with Crippen LogP contribution >= 0.6 is 0 Å². The molecule has 0 aromatic rings. The van der Waals surface area contributed by atoms with Gasteiger partial charge in [-0.1, -0.05) is 6.20 Å². The average molecular weight is 278 g/mol. The molecule has 15 heavy (non-hydrogen) atoms. The zero-order valence-corrected chi connectivity index (χ0v) is 11.2. The van der Waals surface area contributed by atoms with E-state index in [2.05, 4.69) is 12.8 Å². The molecular weight excluding hydrogens is 269 g/mol. The number of allylic oxidation sites excluding steroid dienone is 1. The molecule has 0 fully saturated rings. The maximum atomic E-state index is 10.7. The summed E-state index contributed by atoms with van der Waals surface area (Å²) >= 11 is 0. The molecule has 0 unspecified atom stereocenters. The third-order valence-corrected chi connectivity index (χ3v) is 1.85. The van der Waals surface area contributed by atoms with Crippen molar-refractivity contribution in [3.05, 3.63) is 35.7 Å². The van der Waals surface area contributed by atoms with E-state index in [9.17, 15) is 4.79 Å². The maximum Gasteiger partial charge on any atom is 0.249 e. The Balaban J connectivity index is 0.00000196. The molecular formula is C10H9N2O2Y-. The van der Waals surface area contributed by atoms with Gasteiger partial charge in [-0.3, -0.25) is 0 Å². The van der Waals surface area contributed by atoms with Gasteiger partial charge in [0.25, 0.3) is 0 Å². The summed E-state index contributed by atoms with van der Waals surface area (Å²) in [6.45, 7) is 6.05. The fourth-order valence-electron chi connectivity index (χ4n) is 1.09. The minimum atomic E-state index is -1.09. The first-order chi connectivity index (χ1) is 6.60. The SMILES string of the molecule is C=C1C(C#N)=CC(C(=O)O)=[C-]N1CC.[Y]. The molecule has 0 aromatic heterocycles. The molecule has 0 spiro atoms. The molecule has 4 nitrogen and oxygen atoms in total. The zero-order valence-electron chi connectivity index (χ0n) is 8.32. The smallest absolute Gasteiger partial charge is 0.249 e. The number of rotatable bonds is 2. The number of carbonyl (C=O) groups is 1. The summed E-state index contributed by atoms with van der Waals surface area (Å²) in [5.41, 5.74) is 0.735. The van der Waals surface area contributed by atoms with E-state index in [4.69, 9.17) is 10.4 Å². The summed E-state index contributed by atoms with van der Waals surface area (Å²) in [6, 6.07) is 1.90. The molecule has 0 saturated carbocycles. The van der Waals surface area contributed by atoms with Crippen LogP contribution in [0.1, 0.15) is 6.92 Å². The van der Waals surface area contributed by atoms with Crippen LogP contribution in [-0.4, -0.2) is 22.5 Å². The second-order valence-electron chi connectivity index (χ2n) is 2.69. The number of hydrogen-bond acceptors (Lipinski definition) is 3. The number of likely N-dealkylation sites (N-methyl/N-ethyl adjacent to an activating group) is 1. The molecule has 0 aromatic carbocycles. The fraction of sp³-hybridized carbons (Fsp3) is 0.200. The topological polar surface area (TPSA) is 64.3 Å². The van der Waals surface area contributed by atoms with Crippen LogP contribution < -0.4 is 0 Å². The third kappa shape index (κ3) is 3.02. The van der Waals surface area contributed by atoms with Gasteiger partial charge in [-0.25, -0.2) is 0 Å². The molecule has 75 valence electrons. The molecule has 1 aliphatic heterocycles. The molecule has 1 N–H and O–H groups in total. The maximum absolute atomic E-state index is 10.7. The monoisotopic (exact) mass is 278 g/mol. The van der Waals surface area contributed by atoms with Gasteiger partial charge >= 0.3 is 0 Å². The van der Waals surface area contributed by atoms with E-state index in [0.29, 0.717) is 12.2 Å². The molecule has 1 radical (unpaired) electrons. The standard InChI is InChI=1S/C10H9N2O2.Y/c1-3-12-6-9(10(13)14)4-8(5-11)7(12)2;/h4H,2-3H2,1H3,(H,13,14);/q-1;. The Kier molecular flexibility index (Phi) is 5.49. The average Bonchev–Trinajstić information content (AvgIpc) is 2.17. The van der Waals surface area contributed by atoms with Crippen LogP contribution in [-0.2, 0) is 37.5 Å². The van der Waals surface area contributed by atoms with E-state index in [1.54, 1.807) is 0 Å². The summed E-state index contributed by atoms with van der Waals surface area (Å²) < 4.78 is 0. The van der Waals surface area contributed by atoms with E-state index in [1.807, 2.05) is 13.0 Å². The summed E-state index contributed by atoms with van der Waals surface area (Å²) in [5, 5.41) is 17.5. The van der Waals surface area contributed by atoms with Crippen molar-refractivity contribution in [1.29, 1.82) is 5.26 Å². The molecule has 5 heteroatoms. The first-order valence-electron chi connectivity index (χ1n) is 4.05. The Bertz CT molecular complexity index is 391. The Hall–Kier alpha value is -0.916. The molecule has 0 atom stereocenters. The van der Waals surface area contributed by atoms with Gasteiger partial charge in [0.05, 0.1) is 6.07 Å². The fourth-order valence-corrected chi connectivity index (χ4v) is 1.09. The molecule has 0 amide bonds. The van der Waals surface area contributed by atoms with Crippen LogP contribution in [0.5, 0.6) is 0 Å². The van der Waals surface area contributed by atoms with Crippen LogP contribution in [0.3, 0.4) is 0 Å². The second-order valence-corrected chi connectivity index (χ2v) is 2.69. The van der Waals surface area contributed by atoms with E-state index >= 15 is 0 Å². The second kappa shape index (κ2) is 5.84. The van der Waals surface area contributed by atoms with Crippen molar-refractivity contribution in [3.63, 3.8) is 0 Å². The van der Waals surface area contributed by atoms with Crippen molar-refractivity contribution in [3.8, 4) is 6.07 Å². The van der Waals surface area contributed by atoms with Gasteiger partial charge in [-0.05, 0) is 23.8 Å². The quantitative estimate of drug-likeness (QED) is 0.767. The largest absolute Gasteiger partial charge is 0.521 e. The van der Waals surface area contributed by atoms with Crippen molar-refractivity contribution < 1.29 is 42.6 Å². The molecule has 1 heterocycles. The number of nitriles is 1. The van der Waals surface area contributed by atoms with Gasteiger partial charge < -0.3 is 14.8 Å². The Labute approximate surface area is 113 Å². The van der Waals surface area contributed by atoms with Crippen molar-refractivity contribution in [2.45, 2.75) is 6.92 Å². The van der Waals surface area contributed by atoms with Gasteiger partial charge in [-0.15, -0.1) is 12.7 Å². The molecule has 0 saturated heterocycles. The van der Waals surface area contributed by atoms with Crippen LogP contribution in [0, 0.1) is 17.5 Å². The first-order valence-corrected chi connectivity index (χ1v) is 4.05. The minimum absolute atomic E-state index is 0. The number of nitrogens with zero attached hydrogens (tertiary/aromatic N) is 2. The Morgan fingerprint density at radius 2 is 2.40 bits per heavy atom. The van der Waals surface area contributed by atoms with Gasteiger partial charge in [0.1, 0.15) is 0 Å². The van der Waals surface area contributed by atoms with Crippen molar-refractivity contribution in [1.82, 2.24) is 4.90 Å². The van der Waals surface area contributed by atoms with Gasteiger partial charge in [0.2, 0.25) is 5.97 Å². The summed E-state index contributed by atoms with van der Waals surface area (Å²) in [4.78, 5) is 12.2. The summed E-state index contributed by atoms with van der Waals surface area (Å²) in [7, 11) is 0. The Morgan fingerprint density at radius 3 is 2.80 bits per heavy atom. The minimum Gasteiger partial charge on any atom is -0.521 e. The predicted octanol–water partition coefficient (Wildman–Crippen LogP) is 1.05. The van der Waals surface area contributed by atoms with Crippen LogP contribution in [0.4, 0.5) is 0 Å². The molecule has 1 rings (SSSR count). The normalized spacial score (nSPS) is 14.7. The van der Waals surface area contributed by atoms with E-state index in [1.165, 1.54) is 11.0 Å². The predicted molar refractivity (Wildman–Crippen MR) is 49.6 cm³/mol. The molecule has 1 aliphatic rings. The zero-order chi connectivity index (χ0) is 10.7. The van der Waals surface area contributed by atoms with Gasteiger partial charge in [0, 0.05) is 39.3 Å². The van der Waals surface area contributed by atoms with Crippen LogP contribution in [0.2, 0.25) is 0 Å². The summed E-state index contributed by atoms with van der Waals surface area (Å²) in [5.74, 6) is -1.09. The van der Waals surface area contributed by atoms with Gasteiger partial charge in [0.15, 0.2) is 0 Å². The van der Waals surface area contributed by atoms with E-state index in [-0.39, 0.29) is 43.9 Å². The number of carboxylic acids is 1. The van der Waals surface area contributed by atoms with Crippen molar-refractivity contribution in [2.24, 2.45) is 0 Å². The number of carboxylic acid groups (broad SMARTS) is 1. The van der Waals surface area contributed by atoms with Crippen molar-refractivity contribution in [2.75, 3.05) is 6.54 Å². The van der Waals surface area contributed by atoms with E-state index < -0.39 is 5.97 Å². The van der Waals surface area contributed by atoms with Crippen molar-refractivity contribution >= 4 is 5.97 Å². The third-order valence-electron chi connectivity index (χ3n) is 1.85. The number of hydrogen-bond donors (Lipinski definition) is 1. The summed E-state index contributed by atoms with van der Waals surface area (Å²) in [6.07, 6.45) is 3.91. The van der Waals surface area contributed by atoms with Crippen LogP contribution in [0.25, 0.3) is 0 Å². The molecule has 0 bridgehead atoms. The molecule has 0 aliphatic carbocycles. The Morgan fingerprint density at radius 1 is 1.80 bits per heavy atom. The van der Waals surface area contributed by atoms with E-state index in [0.717, 1.165) is 0 Å². The first kappa shape index (κ1) is 14.1.